The van der Waals surface area contributed by atoms with Crippen molar-refractivity contribution in [2.24, 2.45) is 5.41 Å². The number of hydrogen-bond acceptors (Lipinski definition) is 5. The molecule has 1 aliphatic carbocycles. The minimum absolute atomic E-state index is 0.0187. The van der Waals surface area contributed by atoms with Gasteiger partial charge in [0.1, 0.15) is 4.88 Å². The van der Waals surface area contributed by atoms with Crippen molar-refractivity contribution >= 4 is 17.3 Å². The van der Waals surface area contributed by atoms with E-state index in [1.54, 1.807) is 0 Å². The number of aryl methyl sites for hydroxylation is 1. The van der Waals surface area contributed by atoms with Gasteiger partial charge < -0.3 is 15.2 Å². The van der Waals surface area contributed by atoms with E-state index in [-0.39, 0.29) is 18.0 Å². The van der Waals surface area contributed by atoms with E-state index in [9.17, 15) is 9.90 Å². The van der Waals surface area contributed by atoms with Crippen LogP contribution in [0.3, 0.4) is 0 Å². The van der Waals surface area contributed by atoms with Crippen molar-refractivity contribution in [1.82, 2.24) is 5.32 Å². The highest BCUT2D eigenvalue weighted by molar-refractivity contribution is 7.14. The molecule has 0 saturated heterocycles. The second-order valence-electron chi connectivity index (χ2n) is 5.82. The number of aliphatic hydroxyl groups excluding tert-OH is 1. The number of thiophene rings is 1. The largest absolute Gasteiger partial charge is 0.465 e. The van der Waals surface area contributed by atoms with Crippen LogP contribution in [0.2, 0.25) is 0 Å². The summed E-state index contributed by atoms with van der Waals surface area (Å²) in [6.07, 6.45) is 3.33. The first-order valence-corrected chi connectivity index (χ1v) is 7.83. The number of ether oxygens (including phenoxy) is 1. The normalized spacial score (nSPS) is 25.9. The first-order valence-electron chi connectivity index (χ1n) is 7.02. The van der Waals surface area contributed by atoms with Gasteiger partial charge in [-0.1, -0.05) is 13.3 Å². The van der Waals surface area contributed by atoms with Crippen molar-refractivity contribution in [2.75, 3.05) is 13.7 Å². The Morgan fingerprint density at radius 3 is 3.05 bits per heavy atom. The van der Waals surface area contributed by atoms with E-state index in [0.717, 1.165) is 36.2 Å². The molecule has 1 fully saturated rings. The van der Waals surface area contributed by atoms with Crippen LogP contribution in [-0.4, -0.2) is 30.8 Å². The number of carbonyl (C=O) groups is 1. The number of hydrogen-bond donors (Lipinski definition) is 2. The van der Waals surface area contributed by atoms with Crippen molar-refractivity contribution in [1.29, 1.82) is 0 Å². The molecule has 112 valence electrons. The Kier molecular flexibility index (Phi) is 4.83. The molecule has 0 spiro atoms. The van der Waals surface area contributed by atoms with E-state index < -0.39 is 0 Å². The summed E-state index contributed by atoms with van der Waals surface area (Å²) in [6, 6.07) is 2.25. The first-order chi connectivity index (χ1) is 9.50. The maximum absolute atomic E-state index is 11.5. The fraction of sp³-hybridized carbons (Fsp3) is 0.667. The Morgan fingerprint density at radius 2 is 2.40 bits per heavy atom. The fourth-order valence-corrected chi connectivity index (χ4v) is 3.86. The average Bonchev–Trinajstić information content (AvgIpc) is 3.00. The number of esters is 1. The van der Waals surface area contributed by atoms with Gasteiger partial charge in [0.25, 0.3) is 0 Å². The Morgan fingerprint density at radius 1 is 1.65 bits per heavy atom. The van der Waals surface area contributed by atoms with Crippen LogP contribution >= 0.6 is 11.3 Å². The standard InChI is InChI=1S/C15H23NO3S/c1-10-11(7-12(20-10)14(18)19-3)8-16-13-5-4-6-15(13,2)9-17/h7,13,16-17H,4-6,8-9H2,1-3H3/t13-,15+/m0/s1. The smallest absolute Gasteiger partial charge is 0.348 e. The highest BCUT2D eigenvalue weighted by atomic mass is 32.1. The molecular formula is C15H23NO3S. The Balaban J connectivity index is 2.01. The van der Waals surface area contributed by atoms with Crippen molar-refractivity contribution in [3.8, 4) is 0 Å². The number of rotatable bonds is 5. The third-order valence-corrected chi connectivity index (χ3v) is 5.46. The van der Waals surface area contributed by atoms with E-state index in [0.29, 0.717) is 10.9 Å². The van der Waals surface area contributed by atoms with Gasteiger partial charge in [0, 0.05) is 29.5 Å². The van der Waals surface area contributed by atoms with E-state index in [2.05, 4.69) is 12.2 Å². The third kappa shape index (κ3) is 3.05. The summed E-state index contributed by atoms with van der Waals surface area (Å²) in [5.41, 5.74) is 1.12. The SMILES string of the molecule is COC(=O)c1cc(CN[C@H]2CCC[C@]2(C)CO)c(C)s1. The molecule has 20 heavy (non-hydrogen) atoms. The topological polar surface area (TPSA) is 58.6 Å². The predicted molar refractivity (Wildman–Crippen MR) is 80.1 cm³/mol. The Hall–Kier alpha value is -0.910. The second kappa shape index (κ2) is 6.24. The second-order valence-corrected chi connectivity index (χ2v) is 7.08. The zero-order valence-electron chi connectivity index (χ0n) is 12.4. The lowest BCUT2D eigenvalue weighted by atomic mass is 9.86. The number of carbonyl (C=O) groups excluding carboxylic acids is 1. The molecule has 2 atom stereocenters. The van der Waals surface area contributed by atoms with Gasteiger partial charge in [0.05, 0.1) is 7.11 Å². The summed E-state index contributed by atoms with van der Waals surface area (Å²) in [5.74, 6) is -0.273. The third-order valence-electron chi connectivity index (χ3n) is 4.39. The lowest BCUT2D eigenvalue weighted by Gasteiger charge is -2.30. The van der Waals surface area contributed by atoms with E-state index in [1.165, 1.54) is 18.4 Å². The van der Waals surface area contributed by atoms with Crippen LogP contribution in [0, 0.1) is 12.3 Å². The van der Waals surface area contributed by atoms with Crippen molar-refractivity contribution in [3.63, 3.8) is 0 Å². The van der Waals surface area contributed by atoms with Crippen molar-refractivity contribution in [3.05, 3.63) is 21.4 Å². The highest BCUT2D eigenvalue weighted by Gasteiger charge is 2.37. The van der Waals surface area contributed by atoms with Crippen LogP contribution in [0.1, 0.15) is 46.3 Å². The van der Waals surface area contributed by atoms with E-state index in [4.69, 9.17) is 4.74 Å². The van der Waals surface area contributed by atoms with Gasteiger partial charge in [-0.05, 0) is 31.4 Å². The summed E-state index contributed by atoms with van der Waals surface area (Å²) >= 11 is 1.47. The maximum atomic E-state index is 11.5. The van der Waals surface area contributed by atoms with Crippen LogP contribution in [0.15, 0.2) is 6.07 Å². The van der Waals surface area contributed by atoms with Gasteiger partial charge >= 0.3 is 5.97 Å². The molecule has 1 aromatic heterocycles. The molecule has 0 radical (unpaired) electrons. The fourth-order valence-electron chi connectivity index (χ4n) is 2.90. The molecule has 1 aliphatic rings. The molecule has 1 aromatic rings. The van der Waals surface area contributed by atoms with Crippen LogP contribution < -0.4 is 5.32 Å². The summed E-state index contributed by atoms with van der Waals surface area (Å²) in [4.78, 5) is 13.3. The van der Waals surface area contributed by atoms with Gasteiger partial charge in [-0.25, -0.2) is 4.79 Å². The van der Waals surface area contributed by atoms with Gasteiger partial charge in [0.2, 0.25) is 0 Å². The quantitative estimate of drug-likeness (QED) is 0.820. The zero-order valence-corrected chi connectivity index (χ0v) is 13.2. The van der Waals surface area contributed by atoms with Crippen LogP contribution in [0.4, 0.5) is 0 Å². The summed E-state index contributed by atoms with van der Waals surface area (Å²) in [6.45, 7) is 5.12. The van der Waals surface area contributed by atoms with Crippen molar-refractivity contribution in [2.45, 2.75) is 45.7 Å². The molecule has 0 amide bonds. The monoisotopic (exact) mass is 297 g/mol. The highest BCUT2D eigenvalue weighted by Crippen LogP contribution is 2.37. The molecule has 5 heteroatoms. The molecule has 1 heterocycles. The minimum Gasteiger partial charge on any atom is -0.465 e. The summed E-state index contributed by atoms with van der Waals surface area (Å²) in [5, 5.41) is 13.1. The summed E-state index contributed by atoms with van der Waals surface area (Å²) in [7, 11) is 1.40. The Bertz CT molecular complexity index is 485. The lowest BCUT2D eigenvalue weighted by molar-refractivity contribution is 0.0606. The number of methoxy groups -OCH3 is 1. The molecule has 4 nitrogen and oxygen atoms in total. The maximum Gasteiger partial charge on any atom is 0.348 e. The average molecular weight is 297 g/mol. The molecule has 0 aromatic carbocycles. The lowest BCUT2D eigenvalue weighted by Crippen LogP contribution is -2.41. The first kappa shape index (κ1) is 15.5. The van der Waals surface area contributed by atoms with E-state index in [1.807, 2.05) is 13.0 Å². The molecule has 1 saturated carbocycles. The predicted octanol–water partition coefficient (Wildman–Crippen LogP) is 2.48. The molecule has 2 N–H and O–H groups in total. The van der Waals surface area contributed by atoms with Gasteiger partial charge in [0.15, 0.2) is 0 Å². The number of nitrogens with one attached hydrogen (secondary N) is 1. The van der Waals surface area contributed by atoms with Crippen LogP contribution in [0.25, 0.3) is 0 Å². The zero-order chi connectivity index (χ0) is 14.8. The van der Waals surface area contributed by atoms with Gasteiger partial charge in [-0.3, -0.25) is 0 Å². The van der Waals surface area contributed by atoms with Crippen LogP contribution in [-0.2, 0) is 11.3 Å². The molecule has 0 aliphatic heterocycles. The molecule has 2 rings (SSSR count). The molecule has 0 bridgehead atoms. The summed E-state index contributed by atoms with van der Waals surface area (Å²) < 4.78 is 4.75. The molecule has 0 unspecified atom stereocenters. The van der Waals surface area contributed by atoms with Gasteiger partial charge in [-0.15, -0.1) is 11.3 Å². The Labute approximate surface area is 124 Å². The number of aliphatic hydroxyl groups is 1. The van der Waals surface area contributed by atoms with Crippen molar-refractivity contribution < 1.29 is 14.6 Å². The van der Waals surface area contributed by atoms with E-state index >= 15 is 0 Å². The molecular weight excluding hydrogens is 274 g/mol. The minimum atomic E-state index is -0.273. The van der Waals surface area contributed by atoms with Gasteiger partial charge in [-0.2, -0.15) is 0 Å². The van der Waals surface area contributed by atoms with Crippen LogP contribution in [0.5, 0.6) is 0 Å².